The molecule has 0 bridgehead atoms. The first-order valence-electron chi connectivity index (χ1n) is 17.5. The summed E-state index contributed by atoms with van der Waals surface area (Å²) >= 11 is 0. The molecule has 1 heterocycles. The van der Waals surface area contributed by atoms with E-state index in [2.05, 4.69) is 54.5 Å². The number of hydrogen-bond acceptors (Lipinski definition) is 8. The van der Waals surface area contributed by atoms with Crippen LogP contribution in [-0.2, 0) is 23.8 Å². The van der Waals surface area contributed by atoms with Crippen LogP contribution in [0.15, 0.2) is 11.6 Å². The number of fused-ring (bicyclic) bond motifs is 7. The summed E-state index contributed by atoms with van der Waals surface area (Å²) in [5.41, 5.74) is 0.0750. The van der Waals surface area contributed by atoms with Crippen LogP contribution in [0.5, 0.6) is 0 Å². The highest BCUT2D eigenvalue weighted by Crippen LogP contribution is 2.75. The predicted octanol–water partition coefficient (Wildman–Crippen LogP) is 5.35. The highest BCUT2D eigenvalue weighted by Gasteiger charge is 2.70. The van der Waals surface area contributed by atoms with Crippen molar-refractivity contribution in [2.45, 2.75) is 143 Å². The lowest BCUT2D eigenvalue weighted by Gasteiger charge is -2.70. The molecule has 0 aromatic heterocycles. The summed E-state index contributed by atoms with van der Waals surface area (Å²) < 4.78 is 17.7. The van der Waals surface area contributed by atoms with E-state index in [4.69, 9.17) is 14.2 Å². The number of carbonyl (C=O) groups is 2. The number of rotatable bonds is 4. The minimum absolute atomic E-state index is 0.0840. The van der Waals surface area contributed by atoms with Gasteiger partial charge in [0.2, 0.25) is 0 Å². The molecule has 0 aromatic rings. The Labute approximate surface area is 269 Å². The molecule has 0 amide bonds. The molecule has 0 radical (unpaired) electrons. The van der Waals surface area contributed by atoms with Gasteiger partial charge in [-0.1, -0.05) is 47.1 Å². The zero-order valence-corrected chi connectivity index (χ0v) is 28.9. The molecule has 45 heavy (non-hydrogen) atoms. The van der Waals surface area contributed by atoms with Gasteiger partial charge in [-0.15, -0.1) is 0 Å². The molecule has 2 unspecified atom stereocenters. The molecule has 254 valence electrons. The summed E-state index contributed by atoms with van der Waals surface area (Å²) in [6.07, 6.45) is 6.66. The van der Waals surface area contributed by atoms with E-state index in [0.717, 1.165) is 57.8 Å². The largest absolute Gasteiger partial charge is 0.469 e. The standard InChI is InChI=1S/C37H58O8/c1-32(2)26-9-12-37(7)30(35(26,5)11-10-27(32)45-28-18-23(39)29(41)25(20-38)44-28)24(40)17-21-22-19-34(4,31(42)43-8)14-13-33(22,3)15-16-36(21,37)6/h17,22-23,25-30,38-39,41H,9-16,18-20H2,1-8H3/t22-,23+,25+,26?,27-,28+,29+,30?,33+,34-,35-,36+,37+/m0/s1. The van der Waals surface area contributed by atoms with Gasteiger partial charge in [0.1, 0.15) is 12.2 Å². The van der Waals surface area contributed by atoms with Crippen molar-refractivity contribution in [3.63, 3.8) is 0 Å². The van der Waals surface area contributed by atoms with Crippen molar-refractivity contribution < 1.29 is 39.1 Å². The molecule has 1 aliphatic heterocycles. The number of ether oxygens (including phenoxy) is 3. The first-order valence-corrected chi connectivity index (χ1v) is 17.5. The summed E-state index contributed by atoms with van der Waals surface area (Å²) in [5, 5.41) is 30.3. The summed E-state index contributed by atoms with van der Waals surface area (Å²) in [6.45, 7) is 15.8. The van der Waals surface area contributed by atoms with Crippen LogP contribution in [0.4, 0.5) is 0 Å². The van der Waals surface area contributed by atoms with Crippen LogP contribution in [0, 0.1) is 50.2 Å². The van der Waals surface area contributed by atoms with Crippen LogP contribution in [0.2, 0.25) is 0 Å². The van der Waals surface area contributed by atoms with E-state index in [1.54, 1.807) is 0 Å². The monoisotopic (exact) mass is 630 g/mol. The second kappa shape index (κ2) is 10.8. The topological polar surface area (TPSA) is 123 Å². The van der Waals surface area contributed by atoms with Gasteiger partial charge < -0.3 is 29.5 Å². The molecule has 0 aromatic carbocycles. The van der Waals surface area contributed by atoms with Gasteiger partial charge in [-0.2, -0.15) is 0 Å². The molecule has 13 atom stereocenters. The summed E-state index contributed by atoms with van der Waals surface area (Å²) in [5.74, 6) is 0.478. The third-order valence-corrected chi connectivity index (χ3v) is 15.2. The number of aliphatic hydroxyl groups excluding tert-OH is 3. The van der Waals surface area contributed by atoms with E-state index in [-0.39, 0.29) is 75.7 Å². The van der Waals surface area contributed by atoms with Gasteiger partial charge in [-0.3, -0.25) is 9.59 Å². The Morgan fingerprint density at radius 1 is 0.978 bits per heavy atom. The highest BCUT2D eigenvalue weighted by molar-refractivity contribution is 5.95. The number of hydrogen-bond donors (Lipinski definition) is 3. The normalized spacial score (nSPS) is 52.4. The van der Waals surface area contributed by atoms with Crippen LogP contribution in [0.3, 0.4) is 0 Å². The smallest absolute Gasteiger partial charge is 0.311 e. The molecule has 0 spiro atoms. The van der Waals surface area contributed by atoms with E-state index in [1.807, 2.05) is 0 Å². The Bertz CT molecular complexity index is 1240. The third-order valence-electron chi connectivity index (χ3n) is 15.2. The van der Waals surface area contributed by atoms with E-state index >= 15 is 0 Å². The Balaban J connectivity index is 1.30. The van der Waals surface area contributed by atoms with Gasteiger partial charge >= 0.3 is 5.97 Å². The molecule has 4 saturated carbocycles. The van der Waals surface area contributed by atoms with Crippen molar-refractivity contribution in [2.75, 3.05) is 13.7 Å². The molecule has 5 aliphatic carbocycles. The molecular formula is C37H58O8. The lowest BCUT2D eigenvalue weighted by Crippen LogP contribution is -2.67. The fourth-order valence-corrected chi connectivity index (χ4v) is 12.2. The zero-order valence-electron chi connectivity index (χ0n) is 28.9. The Hall–Kier alpha value is -1.32. The minimum atomic E-state index is -1.13. The number of ketones is 1. The Kier molecular flexibility index (Phi) is 8.09. The van der Waals surface area contributed by atoms with E-state index in [9.17, 15) is 24.9 Å². The first-order chi connectivity index (χ1) is 20.9. The number of aliphatic hydroxyl groups is 3. The van der Waals surface area contributed by atoms with Crippen molar-refractivity contribution in [1.82, 2.24) is 0 Å². The second-order valence-electron chi connectivity index (χ2n) is 17.8. The van der Waals surface area contributed by atoms with Gasteiger partial charge in [0.15, 0.2) is 12.1 Å². The Morgan fingerprint density at radius 2 is 1.67 bits per heavy atom. The molecule has 6 aliphatic rings. The molecule has 8 heteroatoms. The van der Waals surface area contributed by atoms with Crippen molar-refractivity contribution in [2.24, 2.45) is 50.2 Å². The predicted molar refractivity (Wildman–Crippen MR) is 169 cm³/mol. The fraction of sp³-hybridized carbons (Fsp3) is 0.892. The van der Waals surface area contributed by atoms with Crippen LogP contribution in [0.25, 0.3) is 0 Å². The molecule has 6 rings (SSSR count). The van der Waals surface area contributed by atoms with E-state index < -0.39 is 30.0 Å². The van der Waals surface area contributed by atoms with Crippen LogP contribution in [0.1, 0.15) is 113 Å². The maximum Gasteiger partial charge on any atom is 0.311 e. The first kappa shape index (κ1) is 33.6. The minimum Gasteiger partial charge on any atom is -0.469 e. The quantitative estimate of drug-likeness (QED) is 0.281. The summed E-state index contributed by atoms with van der Waals surface area (Å²) in [4.78, 5) is 27.6. The maximum absolute atomic E-state index is 14.7. The number of allylic oxidation sites excluding steroid dienone is 2. The van der Waals surface area contributed by atoms with Crippen LogP contribution in [-0.4, -0.2) is 71.5 Å². The molecular weight excluding hydrogens is 572 g/mol. The third kappa shape index (κ3) is 4.69. The zero-order chi connectivity index (χ0) is 33.0. The van der Waals surface area contributed by atoms with Crippen LogP contribution >= 0.6 is 0 Å². The maximum atomic E-state index is 14.7. The lowest BCUT2D eigenvalue weighted by molar-refractivity contribution is -0.296. The number of methoxy groups -OCH3 is 1. The molecule has 3 N–H and O–H groups in total. The highest BCUT2D eigenvalue weighted by atomic mass is 16.7. The molecule has 1 saturated heterocycles. The molecule has 5 fully saturated rings. The molecule has 8 nitrogen and oxygen atoms in total. The second-order valence-corrected chi connectivity index (χ2v) is 17.8. The van der Waals surface area contributed by atoms with E-state index in [0.29, 0.717) is 0 Å². The SMILES string of the molecule is COC(=O)[C@@]1(C)CC[C@]2(C)CC[C@]3(C)C(=CC(=O)C4[C@@]5(C)CC[C@H](O[C@@H]6C[C@@H](O)[C@@H](O)[C@@H](CO)O6)C(C)(C)C5CC[C@]43C)[C@@H]2C1. The number of carbonyl (C=O) groups excluding carboxylic acids is 2. The van der Waals surface area contributed by atoms with Crippen molar-refractivity contribution >= 4 is 11.8 Å². The lowest BCUT2D eigenvalue weighted by atomic mass is 9.33. The van der Waals surface area contributed by atoms with Gasteiger partial charge in [0.25, 0.3) is 0 Å². The van der Waals surface area contributed by atoms with Crippen molar-refractivity contribution in [1.29, 1.82) is 0 Å². The van der Waals surface area contributed by atoms with Gasteiger partial charge in [-0.05, 0) is 110 Å². The van der Waals surface area contributed by atoms with Gasteiger partial charge in [-0.25, -0.2) is 0 Å². The van der Waals surface area contributed by atoms with Gasteiger partial charge in [0, 0.05) is 12.3 Å². The average molecular weight is 631 g/mol. The average Bonchev–Trinajstić information content (AvgIpc) is 2.97. The fourth-order valence-electron chi connectivity index (χ4n) is 12.2. The van der Waals surface area contributed by atoms with Gasteiger partial charge in [0.05, 0.1) is 31.3 Å². The number of esters is 1. The summed E-state index contributed by atoms with van der Waals surface area (Å²) in [7, 11) is 1.49. The van der Waals surface area contributed by atoms with Crippen LogP contribution < -0.4 is 0 Å². The Morgan fingerprint density at radius 3 is 2.33 bits per heavy atom. The van der Waals surface area contributed by atoms with Crippen molar-refractivity contribution in [3.05, 3.63) is 11.6 Å². The summed E-state index contributed by atoms with van der Waals surface area (Å²) in [6, 6.07) is 0. The van der Waals surface area contributed by atoms with Crippen molar-refractivity contribution in [3.8, 4) is 0 Å². The van der Waals surface area contributed by atoms with E-state index in [1.165, 1.54) is 12.7 Å².